The van der Waals surface area contributed by atoms with Gasteiger partial charge in [0.2, 0.25) is 11.0 Å². The van der Waals surface area contributed by atoms with E-state index in [-0.39, 0.29) is 18.3 Å². The highest BCUT2D eigenvalue weighted by Gasteiger charge is 2.34. The topological polar surface area (TPSA) is 66.9 Å². The predicted molar refractivity (Wildman–Crippen MR) is 96.3 cm³/mol. The van der Waals surface area contributed by atoms with Crippen LogP contribution in [0.2, 0.25) is 0 Å². The Morgan fingerprint density at radius 3 is 2.70 bits per heavy atom. The van der Waals surface area contributed by atoms with E-state index in [1.807, 2.05) is 0 Å². The molecule has 2 atom stereocenters. The molecule has 3 rings (SSSR count). The average Bonchev–Trinajstić information content (AvgIpc) is 3.06. The summed E-state index contributed by atoms with van der Waals surface area (Å²) >= 11 is 1.52. The fraction of sp³-hybridized carbons (Fsp3) is 0.812. The summed E-state index contributed by atoms with van der Waals surface area (Å²) in [7, 11) is 0. The Balaban J connectivity index is 0.00000192. The van der Waals surface area contributed by atoms with E-state index in [0.29, 0.717) is 29.6 Å². The smallest absolute Gasteiger partial charge is 0.226 e. The van der Waals surface area contributed by atoms with E-state index in [1.165, 1.54) is 37.0 Å². The summed E-state index contributed by atoms with van der Waals surface area (Å²) in [6.45, 7) is 2.19. The number of halogens is 1. The van der Waals surface area contributed by atoms with Gasteiger partial charge >= 0.3 is 0 Å². The normalized spacial score (nSPS) is 25.9. The number of fused-ring (bicyclic) bond motifs is 2. The molecule has 7 heteroatoms. The van der Waals surface area contributed by atoms with Crippen LogP contribution in [0.4, 0.5) is 5.13 Å². The number of rotatable bonds is 7. The molecule has 2 aliphatic rings. The molecular formula is C16H27ClN4OS. The van der Waals surface area contributed by atoms with E-state index in [4.69, 9.17) is 0 Å². The van der Waals surface area contributed by atoms with Gasteiger partial charge in [-0.25, -0.2) is 0 Å². The molecule has 5 nitrogen and oxygen atoms in total. The lowest BCUT2D eigenvalue weighted by Gasteiger charge is -2.28. The molecule has 2 saturated heterocycles. The molecule has 2 fully saturated rings. The number of carbonyl (C=O) groups is 1. The number of nitrogens with one attached hydrogen (secondary N) is 2. The lowest BCUT2D eigenvalue weighted by Crippen LogP contribution is -2.39. The number of hydrogen-bond donors (Lipinski definition) is 2. The first-order chi connectivity index (χ1) is 10.7. The van der Waals surface area contributed by atoms with Gasteiger partial charge in [-0.3, -0.25) is 4.79 Å². The number of aryl methyl sites for hydroxylation is 1. The minimum absolute atomic E-state index is 0. The molecule has 2 bridgehead atoms. The van der Waals surface area contributed by atoms with Crippen molar-refractivity contribution in [1.29, 1.82) is 0 Å². The van der Waals surface area contributed by atoms with Crippen LogP contribution in [0.25, 0.3) is 0 Å². The number of nitrogens with zero attached hydrogens (tertiary/aromatic N) is 2. The van der Waals surface area contributed by atoms with E-state index >= 15 is 0 Å². The number of anilines is 1. The maximum atomic E-state index is 12.2. The molecule has 130 valence electrons. The Hall–Kier alpha value is -0.720. The van der Waals surface area contributed by atoms with Crippen molar-refractivity contribution >= 4 is 34.8 Å². The highest BCUT2D eigenvalue weighted by atomic mass is 35.5. The van der Waals surface area contributed by atoms with Crippen molar-refractivity contribution < 1.29 is 4.79 Å². The van der Waals surface area contributed by atoms with Gasteiger partial charge in [0, 0.05) is 24.9 Å². The zero-order valence-electron chi connectivity index (χ0n) is 13.7. The van der Waals surface area contributed by atoms with Crippen LogP contribution >= 0.6 is 23.7 Å². The number of unbranched alkanes of at least 4 members (excludes halogenated alkanes) is 2. The van der Waals surface area contributed by atoms with Crippen LogP contribution in [0, 0.1) is 5.92 Å². The second-order valence-corrected chi connectivity index (χ2v) is 7.75. The van der Waals surface area contributed by atoms with E-state index in [0.717, 1.165) is 30.7 Å². The lowest BCUT2D eigenvalue weighted by molar-refractivity contribution is -0.117. The van der Waals surface area contributed by atoms with Crippen molar-refractivity contribution in [3.63, 3.8) is 0 Å². The second kappa shape index (κ2) is 8.94. The number of hydrogen-bond acceptors (Lipinski definition) is 5. The van der Waals surface area contributed by atoms with Gasteiger partial charge in [-0.05, 0) is 38.0 Å². The van der Waals surface area contributed by atoms with Gasteiger partial charge in [-0.1, -0.05) is 31.1 Å². The molecule has 1 amide bonds. The van der Waals surface area contributed by atoms with Crippen LogP contribution in [0.15, 0.2) is 0 Å². The van der Waals surface area contributed by atoms with Gasteiger partial charge in [-0.15, -0.1) is 22.6 Å². The van der Waals surface area contributed by atoms with Gasteiger partial charge in [0.05, 0.1) is 0 Å². The molecule has 0 aliphatic carbocycles. The third kappa shape index (κ3) is 5.40. The molecule has 2 aliphatic heterocycles. The molecule has 0 aromatic carbocycles. The minimum atomic E-state index is 0. The largest absolute Gasteiger partial charge is 0.311 e. The summed E-state index contributed by atoms with van der Waals surface area (Å²) in [5, 5.41) is 16.5. The zero-order chi connectivity index (χ0) is 15.4. The summed E-state index contributed by atoms with van der Waals surface area (Å²) < 4.78 is 0. The molecular weight excluding hydrogens is 332 g/mol. The van der Waals surface area contributed by atoms with Crippen molar-refractivity contribution in [1.82, 2.24) is 15.5 Å². The molecule has 0 radical (unpaired) electrons. The third-order valence-corrected chi connectivity index (χ3v) is 5.65. The van der Waals surface area contributed by atoms with E-state index in [9.17, 15) is 4.79 Å². The Labute approximate surface area is 148 Å². The quantitative estimate of drug-likeness (QED) is 0.731. The molecule has 2 unspecified atom stereocenters. The maximum absolute atomic E-state index is 12.2. The van der Waals surface area contributed by atoms with Crippen LogP contribution < -0.4 is 10.6 Å². The predicted octanol–water partition coefficient (Wildman–Crippen LogP) is 3.55. The van der Waals surface area contributed by atoms with Gasteiger partial charge in [-0.2, -0.15) is 0 Å². The van der Waals surface area contributed by atoms with Crippen molar-refractivity contribution in [2.45, 2.75) is 76.8 Å². The Kier molecular flexibility index (Phi) is 7.24. The van der Waals surface area contributed by atoms with Crippen molar-refractivity contribution in [3.05, 3.63) is 5.01 Å². The zero-order valence-corrected chi connectivity index (χ0v) is 15.3. The first kappa shape index (κ1) is 18.6. The first-order valence-electron chi connectivity index (χ1n) is 8.61. The summed E-state index contributed by atoms with van der Waals surface area (Å²) in [4.78, 5) is 12.2. The number of carbonyl (C=O) groups excluding carboxylic acids is 1. The maximum Gasteiger partial charge on any atom is 0.226 e. The molecule has 2 N–H and O–H groups in total. The molecule has 0 saturated carbocycles. The summed E-state index contributed by atoms with van der Waals surface area (Å²) in [6, 6.07) is 1.28. The number of aromatic nitrogens is 2. The van der Waals surface area contributed by atoms with Gasteiger partial charge < -0.3 is 10.6 Å². The molecule has 0 spiro atoms. The summed E-state index contributed by atoms with van der Waals surface area (Å²) in [6.07, 6.45) is 10.0. The number of amides is 1. The van der Waals surface area contributed by atoms with Crippen molar-refractivity contribution in [2.75, 3.05) is 5.32 Å². The third-order valence-electron chi connectivity index (χ3n) is 4.75. The number of piperidine rings is 1. The molecule has 1 aromatic rings. The van der Waals surface area contributed by atoms with Crippen LogP contribution in [0.1, 0.15) is 63.3 Å². The standard InChI is InChI=1S/C16H26N4OS.ClH/c1-2-3-4-5-15-19-20-16(22-15)18-14(21)10-11-8-12-6-7-13(9-11)17-12;/h11-13,17H,2-10H2,1H3,(H,18,20,21);1H. The van der Waals surface area contributed by atoms with E-state index < -0.39 is 0 Å². The van der Waals surface area contributed by atoms with Gasteiger partial charge in [0.1, 0.15) is 5.01 Å². The van der Waals surface area contributed by atoms with E-state index in [1.54, 1.807) is 0 Å². The summed E-state index contributed by atoms with van der Waals surface area (Å²) in [5.74, 6) is 0.623. The van der Waals surface area contributed by atoms with Gasteiger partial charge in [0.15, 0.2) is 0 Å². The SMILES string of the molecule is CCCCCc1nnc(NC(=O)CC2CC3CCC(C2)N3)s1.Cl. The van der Waals surface area contributed by atoms with Crippen LogP contribution in [0.3, 0.4) is 0 Å². The van der Waals surface area contributed by atoms with E-state index in [2.05, 4.69) is 27.8 Å². The fourth-order valence-corrected chi connectivity index (χ4v) is 4.50. The lowest BCUT2D eigenvalue weighted by atomic mass is 9.89. The highest BCUT2D eigenvalue weighted by molar-refractivity contribution is 7.15. The Morgan fingerprint density at radius 1 is 1.26 bits per heavy atom. The molecule has 23 heavy (non-hydrogen) atoms. The average molecular weight is 359 g/mol. The van der Waals surface area contributed by atoms with Crippen LogP contribution in [-0.4, -0.2) is 28.2 Å². The Bertz CT molecular complexity index is 498. The second-order valence-electron chi connectivity index (χ2n) is 6.69. The van der Waals surface area contributed by atoms with Gasteiger partial charge in [0.25, 0.3) is 0 Å². The Morgan fingerprint density at radius 2 is 2.00 bits per heavy atom. The fourth-order valence-electron chi connectivity index (χ4n) is 3.71. The first-order valence-corrected chi connectivity index (χ1v) is 9.43. The van der Waals surface area contributed by atoms with Crippen molar-refractivity contribution in [3.8, 4) is 0 Å². The van der Waals surface area contributed by atoms with Crippen molar-refractivity contribution in [2.24, 2.45) is 5.92 Å². The highest BCUT2D eigenvalue weighted by Crippen LogP contribution is 2.32. The summed E-state index contributed by atoms with van der Waals surface area (Å²) in [5.41, 5.74) is 0. The molecule has 1 aromatic heterocycles. The van der Waals surface area contributed by atoms with Crippen LogP contribution in [-0.2, 0) is 11.2 Å². The molecule has 3 heterocycles. The minimum Gasteiger partial charge on any atom is -0.311 e. The monoisotopic (exact) mass is 358 g/mol. The van der Waals surface area contributed by atoms with Crippen LogP contribution in [0.5, 0.6) is 0 Å².